The summed E-state index contributed by atoms with van der Waals surface area (Å²) in [6.07, 6.45) is 39.4. The number of rotatable bonds is 20. The van der Waals surface area contributed by atoms with E-state index in [9.17, 15) is 0 Å². The van der Waals surface area contributed by atoms with Crippen LogP contribution in [0.4, 0.5) is 0 Å². The van der Waals surface area contributed by atoms with Gasteiger partial charge in [0.15, 0.2) is 0 Å². The van der Waals surface area contributed by atoms with Crippen molar-refractivity contribution in [1.29, 1.82) is 0 Å². The quantitative estimate of drug-likeness (QED) is 0.114. The highest BCUT2D eigenvalue weighted by Gasteiger charge is 2.37. The van der Waals surface area contributed by atoms with Gasteiger partial charge in [0.2, 0.25) is 0 Å². The Morgan fingerprint density at radius 3 is 0.815 bits per heavy atom. The van der Waals surface area contributed by atoms with E-state index in [1.807, 2.05) is 0 Å². The van der Waals surface area contributed by atoms with Crippen LogP contribution < -0.4 is 0 Å². The molecule has 4 unspecified atom stereocenters. The Kier molecular flexibility index (Phi) is 24.5. The van der Waals surface area contributed by atoms with Gasteiger partial charge in [-0.15, -0.1) is 0 Å². The van der Waals surface area contributed by atoms with E-state index in [4.69, 9.17) is 18.1 Å². The van der Waals surface area contributed by atoms with Gasteiger partial charge >= 0.3 is 0 Å². The summed E-state index contributed by atoms with van der Waals surface area (Å²) in [6.45, 7) is 13.0. The Hall–Kier alpha value is 2.26. The highest BCUT2D eigenvalue weighted by atomic mass is 32.2. The van der Waals surface area contributed by atoms with Crippen LogP contribution >= 0.6 is 56.1 Å². The average molecular weight is 865 g/mol. The molecule has 54 heavy (non-hydrogen) atoms. The number of hydrogen-bond acceptors (Lipinski definition) is 6. The first kappa shape index (κ1) is 47.3. The van der Waals surface area contributed by atoms with Crippen LogP contribution in [0.5, 0.6) is 0 Å². The van der Waals surface area contributed by atoms with E-state index >= 15 is 0 Å². The van der Waals surface area contributed by atoms with Crippen molar-refractivity contribution in [3.8, 4) is 0 Å². The third-order valence-electron chi connectivity index (χ3n) is 13.2. The molecule has 4 saturated carbocycles. The Morgan fingerprint density at radius 1 is 0.333 bits per heavy atom. The predicted molar refractivity (Wildman–Crippen MR) is 250 cm³/mol. The molecule has 0 aromatic carbocycles. The second kappa shape index (κ2) is 28.0. The van der Waals surface area contributed by atoms with Gasteiger partial charge in [0, 0.05) is 76.2 Å². The summed E-state index contributed by atoms with van der Waals surface area (Å²) >= 11 is 4.36. The molecule has 6 aliphatic rings. The van der Waals surface area contributed by atoms with Gasteiger partial charge < -0.3 is 18.1 Å². The van der Waals surface area contributed by atoms with Gasteiger partial charge in [0.1, 0.15) is 0 Å². The fourth-order valence-electron chi connectivity index (χ4n) is 9.94. The zero-order valence-electron chi connectivity index (χ0n) is 35.5. The molecular weight excluding hydrogens is 781 g/mol. The lowest BCUT2D eigenvalue weighted by Gasteiger charge is -2.38. The van der Waals surface area contributed by atoms with Gasteiger partial charge in [0.25, 0.3) is 0 Å². The van der Waals surface area contributed by atoms with Gasteiger partial charge in [-0.05, 0) is 102 Å². The van der Waals surface area contributed by atoms with Crippen LogP contribution in [0.2, 0.25) is 0 Å². The molecule has 0 N–H and O–H groups in total. The van der Waals surface area contributed by atoms with Crippen molar-refractivity contribution in [2.24, 2.45) is 0 Å². The fraction of sp³-hybridized carbons (Fsp3) is 1.00. The maximum Gasteiger partial charge on any atom is 0.0628 e. The van der Waals surface area contributed by atoms with E-state index in [0.29, 0.717) is 10.5 Å². The molecule has 316 valence electrons. The standard InChI is InChI=1S/C30H54O2P2S.C14H30O2P2S/c1-5-13-25(14-6-1)33(26-15-7-2-8-16-26)31-23-29-21-22-30(35-29)24-32-34(27-17-9-3-10-18-27)28-19-11-4-12-20-28;1-5-17(6-2)15-11-13-9-10-14(19-13)12-16-18(7-3)8-4/h25-30H,1-24H2;13-14H,5-12H2,1-4H3. The largest absolute Gasteiger partial charge is 0.358 e. The van der Waals surface area contributed by atoms with Gasteiger partial charge in [-0.3, -0.25) is 0 Å². The van der Waals surface area contributed by atoms with E-state index in [1.54, 1.807) is 0 Å². The first-order valence-corrected chi connectivity index (χ1v) is 31.4. The zero-order chi connectivity index (χ0) is 37.8. The summed E-state index contributed by atoms with van der Waals surface area (Å²) in [5.41, 5.74) is 3.67. The Bertz CT molecular complexity index is 832. The van der Waals surface area contributed by atoms with Crippen LogP contribution in [0.25, 0.3) is 0 Å². The zero-order valence-corrected chi connectivity index (χ0v) is 40.7. The SMILES string of the molecule is C1CCC(P(OCC2CCC(COP(C3CCCCC3)C3CCCCC3)S2)C2CCCCC2)CC1.CCP(CC)OCC1CCC(COP(CC)CC)S1. The van der Waals surface area contributed by atoms with Gasteiger partial charge in [-0.2, -0.15) is 23.5 Å². The first-order valence-electron chi connectivity index (χ1n) is 23.5. The molecular formula is C44H84O4P4S2. The van der Waals surface area contributed by atoms with E-state index in [1.165, 1.54) is 179 Å². The summed E-state index contributed by atoms with van der Waals surface area (Å²) in [5.74, 6) is 0. The van der Waals surface area contributed by atoms with Gasteiger partial charge in [-0.25, -0.2) is 0 Å². The smallest absolute Gasteiger partial charge is 0.0628 e. The molecule has 2 saturated heterocycles. The van der Waals surface area contributed by atoms with Crippen LogP contribution in [0.15, 0.2) is 0 Å². The van der Waals surface area contributed by atoms with Crippen molar-refractivity contribution in [1.82, 2.24) is 0 Å². The maximum absolute atomic E-state index is 6.98. The molecule has 10 heteroatoms. The third kappa shape index (κ3) is 16.6. The highest BCUT2D eigenvalue weighted by Crippen LogP contribution is 2.59. The van der Waals surface area contributed by atoms with E-state index < -0.39 is 0 Å². The molecule has 6 fully saturated rings. The van der Waals surface area contributed by atoms with Crippen molar-refractivity contribution in [3.63, 3.8) is 0 Å². The van der Waals surface area contributed by atoms with Crippen molar-refractivity contribution in [2.45, 2.75) is 225 Å². The van der Waals surface area contributed by atoms with Crippen LogP contribution in [0.1, 0.15) is 182 Å². The van der Waals surface area contributed by atoms with Crippen LogP contribution in [-0.2, 0) is 18.1 Å². The number of hydrogen-bond donors (Lipinski definition) is 0. The lowest BCUT2D eigenvalue weighted by atomic mass is 10.00. The molecule has 0 aromatic rings. The lowest BCUT2D eigenvalue weighted by molar-refractivity contribution is 0.314. The minimum atomic E-state index is -0.205. The highest BCUT2D eigenvalue weighted by molar-refractivity contribution is 8.01. The lowest BCUT2D eigenvalue weighted by Crippen LogP contribution is -2.23. The molecule has 0 spiro atoms. The maximum atomic E-state index is 6.98. The average Bonchev–Trinajstić information content (AvgIpc) is 3.90. The van der Waals surface area contributed by atoms with Crippen LogP contribution in [-0.4, -0.2) is 94.7 Å². The minimum absolute atomic E-state index is 0.152. The molecule has 6 rings (SSSR count). The molecule has 0 amide bonds. The molecule has 2 aliphatic heterocycles. The molecule has 0 bridgehead atoms. The third-order valence-corrected chi connectivity index (χ3v) is 26.0. The summed E-state index contributed by atoms with van der Waals surface area (Å²) < 4.78 is 26.0. The first-order chi connectivity index (χ1) is 26.6. The second-order valence-electron chi connectivity index (χ2n) is 17.2. The Balaban J connectivity index is 0.000000251. The van der Waals surface area contributed by atoms with Crippen molar-refractivity contribution in [3.05, 3.63) is 0 Å². The van der Waals surface area contributed by atoms with E-state index in [-0.39, 0.29) is 32.6 Å². The van der Waals surface area contributed by atoms with Crippen LogP contribution in [0.3, 0.4) is 0 Å². The van der Waals surface area contributed by atoms with Crippen molar-refractivity contribution in [2.75, 3.05) is 51.1 Å². The topological polar surface area (TPSA) is 36.9 Å². The predicted octanol–water partition coefficient (Wildman–Crippen LogP) is 15.6. The number of thioether (sulfide) groups is 2. The molecule has 2 heterocycles. The monoisotopic (exact) mass is 864 g/mol. The van der Waals surface area contributed by atoms with Gasteiger partial charge in [0.05, 0.1) is 26.4 Å². The van der Waals surface area contributed by atoms with Crippen LogP contribution in [0, 0.1) is 0 Å². The van der Waals surface area contributed by atoms with Gasteiger partial charge in [-0.1, -0.05) is 105 Å². The molecule has 4 aliphatic carbocycles. The summed E-state index contributed by atoms with van der Waals surface area (Å²) in [4.78, 5) is 0. The molecule has 4 atom stereocenters. The Labute approximate surface area is 348 Å². The van der Waals surface area contributed by atoms with E-state index in [2.05, 4.69) is 51.2 Å². The molecule has 0 radical (unpaired) electrons. The molecule has 4 nitrogen and oxygen atoms in total. The second-order valence-corrected chi connectivity index (χ2v) is 30.3. The normalized spacial score (nSPS) is 28.4. The minimum Gasteiger partial charge on any atom is -0.358 e. The summed E-state index contributed by atoms with van der Waals surface area (Å²) in [7, 11) is -0.712. The molecule has 0 aromatic heterocycles. The summed E-state index contributed by atoms with van der Waals surface area (Å²) in [6, 6.07) is 0. The summed E-state index contributed by atoms with van der Waals surface area (Å²) in [5, 5.41) is 2.89. The fourth-order valence-corrected chi connectivity index (χ4v) is 21.7. The van der Waals surface area contributed by atoms with Crippen molar-refractivity contribution >= 4 is 56.1 Å². The Morgan fingerprint density at radius 2 is 0.574 bits per heavy atom. The van der Waals surface area contributed by atoms with E-state index in [0.717, 1.165) is 59.6 Å². The van der Waals surface area contributed by atoms with Crippen molar-refractivity contribution < 1.29 is 18.1 Å².